The monoisotopic (exact) mass is 1670 g/mol. The first-order chi connectivity index (χ1) is 60.4. The molecule has 592 valence electrons. The maximum Gasteiger partial charge on any atom is 0.332 e. The van der Waals surface area contributed by atoms with E-state index in [9.17, 15) is 41.4 Å². The van der Waals surface area contributed by atoms with Gasteiger partial charge in [-0.1, -0.05) is 65.1 Å². The van der Waals surface area contributed by atoms with E-state index in [1.54, 1.807) is 153 Å². The number of hydrogen-bond acceptors (Lipinski definition) is 20. The van der Waals surface area contributed by atoms with E-state index in [0.29, 0.717) is 94.5 Å². The zero-order chi connectivity index (χ0) is 88.8. The molecule has 15 heterocycles. The average molecular weight is 1670 g/mol. The van der Waals surface area contributed by atoms with E-state index in [-0.39, 0.29) is 77.5 Å². The molecule has 0 spiro atoms. The van der Waals surface area contributed by atoms with Crippen LogP contribution in [0.4, 0.5) is 26.7 Å². The second kappa shape index (κ2) is 34.1. The van der Waals surface area contributed by atoms with Crippen LogP contribution in [0, 0.1) is 29.1 Å². The van der Waals surface area contributed by atoms with Crippen LogP contribution in [-0.2, 0) is 19.1 Å². The number of fused-ring (bicyclic) bond motifs is 10. The van der Waals surface area contributed by atoms with Crippen LogP contribution < -0.4 is 11.2 Å². The number of benzene rings is 5. The zero-order valence-electron chi connectivity index (χ0n) is 67.8. The van der Waals surface area contributed by atoms with Crippen LogP contribution in [0.3, 0.4) is 0 Å². The Morgan fingerprint density at radius 3 is 1.24 bits per heavy atom. The Balaban J connectivity index is 0.000000116. The summed E-state index contributed by atoms with van der Waals surface area (Å²) in [4.78, 5) is 76.2. The van der Waals surface area contributed by atoms with Crippen LogP contribution in [0.25, 0.3) is 82.8 Å². The molecule has 0 fully saturated rings. The Hall–Kier alpha value is -15.0. The number of halogens is 8. The van der Waals surface area contributed by atoms with Crippen molar-refractivity contribution in [3.05, 3.63) is 356 Å². The molecule has 1 unspecified atom stereocenters. The van der Waals surface area contributed by atoms with Crippen molar-refractivity contribution in [1.82, 2.24) is 103 Å². The molecule has 0 bridgehead atoms. The molecule has 120 heavy (non-hydrogen) atoms. The summed E-state index contributed by atoms with van der Waals surface area (Å²) in [7, 11) is 0. The lowest BCUT2D eigenvalue weighted by Crippen LogP contribution is -2.25. The van der Waals surface area contributed by atoms with Crippen molar-refractivity contribution in [3.8, 4) is 0 Å². The number of ketones is 2. The zero-order valence-corrected chi connectivity index (χ0v) is 64.1. The predicted molar refractivity (Wildman–Crippen MR) is 439 cm³/mol. The minimum atomic E-state index is -2.24. The lowest BCUT2D eigenvalue weighted by molar-refractivity contribution is 0.100. The molecule has 0 radical (unpaired) electrons. The number of hydrogen-bond donors (Lipinski definition) is 3. The topological polar surface area (TPSA) is 337 Å². The Morgan fingerprint density at radius 2 is 0.783 bits per heavy atom. The number of aliphatic hydroxyl groups excluding tert-OH is 1. The highest BCUT2D eigenvalue weighted by atomic mass is 35.5. The molecule has 0 aliphatic heterocycles. The maximum absolute atomic E-state index is 14.8. The van der Waals surface area contributed by atoms with Crippen LogP contribution >= 0.6 is 34.8 Å². The van der Waals surface area contributed by atoms with Crippen LogP contribution in [0.5, 0.6) is 0 Å². The van der Waals surface area contributed by atoms with Gasteiger partial charge < -0.3 is 10.8 Å². The normalized spacial score (nSPS) is 12.8. The van der Waals surface area contributed by atoms with E-state index >= 15 is 0 Å². The third-order valence-corrected chi connectivity index (χ3v) is 18.7. The largest absolute Gasteiger partial charge is 0.382 e. The molecule has 1 atom stereocenters. The number of nitrogens with two attached hydrogens (primary N) is 1. The van der Waals surface area contributed by atoms with E-state index < -0.39 is 66.1 Å². The minimum Gasteiger partial charge on any atom is -0.382 e. The van der Waals surface area contributed by atoms with Gasteiger partial charge in [0.15, 0.2) is 34.0 Å². The van der Waals surface area contributed by atoms with Crippen LogP contribution in [0.1, 0.15) is 105 Å². The number of amides is 2. The van der Waals surface area contributed by atoms with E-state index in [0.717, 1.165) is 5.39 Å². The van der Waals surface area contributed by atoms with Gasteiger partial charge in [-0.3, -0.25) is 34.5 Å². The van der Waals surface area contributed by atoms with Gasteiger partial charge in [-0.2, -0.15) is 30.6 Å². The lowest BCUT2D eigenvalue weighted by atomic mass is 10.0. The molecule has 20 aromatic rings. The Labute approximate surface area is 696 Å². The molecule has 15 aromatic heterocycles. The van der Waals surface area contributed by atoms with Gasteiger partial charge in [-0.05, 0) is 145 Å². The van der Waals surface area contributed by atoms with Gasteiger partial charge in [0.2, 0.25) is 5.78 Å². The molecule has 4 N–H and O–H groups in total. The number of urea groups is 1. The van der Waals surface area contributed by atoms with Crippen molar-refractivity contribution < 1.29 is 49.7 Å². The maximum atomic E-state index is 14.8. The predicted octanol–water partition coefficient (Wildman–Crippen LogP) is 15.7. The van der Waals surface area contributed by atoms with Crippen LogP contribution in [0.15, 0.2) is 249 Å². The number of primary amides is 1. The fourth-order valence-electron chi connectivity index (χ4n) is 12.4. The molecule has 0 aliphatic rings. The van der Waals surface area contributed by atoms with Crippen molar-refractivity contribution >= 4 is 141 Å². The van der Waals surface area contributed by atoms with Crippen molar-refractivity contribution in [3.63, 3.8) is 0 Å². The fourth-order valence-corrected chi connectivity index (χ4v) is 12.8. The summed E-state index contributed by atoms with van der Waals surface area (Å²) in [5, 5.41) is 39.1. The summed E-state index contributed by atoms with van der Waals surface area (Å²) in [6.07, 6.45) is 6.76. The SMILES string of the molecule is O=C(c1cc2cccnc2cc1F)c1cnc2ccc(Cl)nn12.OC(c1cc2cccnc2cc1F)c1cnc2ccc(Cl)nn12.[2H]C([2H])(c1cc2cccnc2cc1F)c1cnc2ccc(/C(C)=N/NC(N)=O)nn12.[2H]C([2H])(c1cc2cccnc2cc1F)c1cnc2ccc(C(C)=O)nn12.[2H]C([2H])(c1cc2cccnc2cc1F)c1cnc2ccc(Cl)nn12. The highest BCUT2D eigenvalue weighted by Crippen LogP contribution is 2.31. The number of Topliss-reactive ketones (excluding diaryl/α,β-unsaturated/α-hetero) is 1. The second-order valence-corrected chi connectivity index (χ2v) is 27.2. The average Bonchev–Trinajstić information content (AvgIpc) is 1.55. The van der Waals surface area contributed by atoms with E-state index in [4.69, 9.17) is 48.8 Å². The Bertz CT molecular complexity index is 7780. The third-order valence-electron chi connectivity index (χ3n) is 18.1. The molecule has 0 aliphatic carbocycles. The molecule has 0 saturated heterocycles. The van der Waals surface area contributed by atoms with Crippen molar-refractivity contribution in [2.45, 2.75) is 39.1 Å². The Morgan fingerprint density at radius 1 is 0.425 bits per heavy atom. The quantitative estimate of drug-likeness (QED) is 0.0418. The number of carbonyl (C=O) groups is 3. The van der Waals surface area contributed by atoms with Crippen molar-refractivity contribution in [2.24, 2.45) is 10.8 Å². The van der Waals surface area contributed by atoms with E-state index in [1.807, 2.05) is 6.07 Å². The molecule has 0 saturated carbocycles. The second-order valence-electron chi connectivity index (χ2n) is 26.0. The molecular weight excluding hydrogens is 1610 g/mol. The number of aromatic nitrogens is 20. The first-order valence-electron chi connectivity index (χ1n) is 38.7. The number of aliphatic hydroxyl groups is 1. The third kappa shape index (κ3) is 17.0. The van der Waals surface area contributed by atoms with Crippen LogP contribution in [0.2, 0.25) is 15.5 Å². The Kier molecular flexibility index (Phi) is 20.3. The molecule has 20 rings (SSSR count). The van der Waals surface area contributed by atoms with Gasteiger partial charge in [-0.25, -0.2) is 79.7 Å². The smallest absolute Gasteiger partial charge is 0.332 e. The fraction of sp³-hybridized carbons (Fsp3) is 0.0706. The lowest BCUT2D eigenvalue weighted by Gasteiger charge is -2.12. The highest BCUT2D eigenvalue weighted by Gasteiger charge is 2.24. The van der Waals surface area contributed by atoms with E-state index in [1.165, 1.54) is 121 Å². The first-order valence-corrected chi connectivity index (χ1v) is 36.8. The first kappa shape index (κ1) is 71.5. The number of carbonyl (C=O) groups excluding carboxylic acids is 3. The van der Waals surface area contributed by atoms with Crippen LogP contribution in [-0.4, -0.2) is 126 Å². The summed E-state index contributed by atoms with van der Waals surface area (Å²) in [5.74, 6) is -4.06. The highest BCUT2D eigenvalue weighted by molar-refractivity contribution is 6.30. The molecule has 5 aromatic carbocycles. The molecule has 2 amide bonds. The summed E-state index contributed by atoms with van der Waals surface area (Å²) in [6, 6.07) is 46.1. The van der Waals surface area contributed by atoms with Crippen molar-refractivity contribution in [2.75, 3.05) is 0 Å². The summed E-state index contributed by atoms with van der Waals surface area (Å²) in [5.41, 5.74) is 12.8. The number of imidazole rings is 5. The number of rotatable bonds is 13. The summed E-state index contributed by atoms with van der Waals surface area (Å²) in [6.45, 7) is 2.97. The van der Waals surface area contributed by atoms with Gasteiger partial charge in [0.25, 0.3) is 0 Å². The molecule has 27 nitrogen and oxygen atoms in total. The number of nitrogens with zero attached hydrogens (tertiary/aromatic N) is 21. The number of pyridine rings is 5. The van der Waals surface area contributed by atoms with Gasteiger partial charge in [-0.15, -0.1) is 0 Å². The van der Waals surface area contributed by atoms with Crippen molar-refractivity contribution in [1.29, 1.82) is 0 Å². The summed E-state index contributed by atoms with van der Waals surface area (Å²) >= 11 is 17.6. The summed E-state index contributed by atoms with van der Waals surface area (Å²) < 4.78 is 130. The number of nitrogens with one attached hydrogen (secondary N) is 1. The van der Waals surface area contributed by atoms with Gasteiger partial charge in [0, 0.05) is 128 Å². The van der Waals surface area contributed by atoms with Gasteiger partial charge >= 0.3 is 6.03 Å². The number of hydrazone groups is 1. The molecule has 35 heteroatoms. The van der Waals surface area contributed by atoms with Gasteiger partial charge in [0.1, 0.15) is 67.7 Å². The molecular formula is C85H57Cl3F5N23O4. The van der Waals surface area contributed by atoms with E-state index in [2.05, 4.69) is 85.9 Å². The minimum absolute atomic E-state index is 0.0390. The van der Waals surface area contributed by atoms with Gasteiger partial charge in [0.05, 0.1) is 92.6 Å². The standard InChI is InChI=1S/C19H16FN7O.C18H13FN4O.C16H10ClFN4O.C16H8ClFN4O.C16H10ClFN4/c1-11(24-25-19(21)28)16-4-5-18-23-10-14(27(18)26-16)8-13-7-12-3-2-6-22-17(12)9-15(13)20;1-11(24)16-4-5-18-21-10-14(23(18)22-16)8-13-7-12-3-2-6-20-17(12)9-15(13)19;2*17-14-3-4-15-20-8-13(22(15)21-14)16(23)10-6-9-2-1-5-19-12(9)7-11(10)18;17-15-3-4-16-20-9-12(22(16)21-15)7-11-6-10-2-1-5-19-14(10)8-13(11)18/h2-7,9-10H,8H2,1H3,(H3,21,25,28);2-7,9-10H,8H2,1H3;1-8,16,23H;1-8H;1-6,8-9H,7H2/b24-11+;;;;/i2*8D2;;;7D2.